The lowest BCUT2D eigenvalue weighted by Crippen LogP contribution is -2.19. The number of hydrogen-bond acceptors (Lipinski definition) is 4. The highest BCUT2D eigenvalue weighted by atomic mass is 16.5. The lowest BCUT2D eigenvalue weighted by atomic mass is 9.89. The van der Waals surface area contributed by atoms with Crippen molar-refractivity contribution in [1.82, 2.24) is 0 Å². The zero-order valence-corrected chi connectivity index (χ0v) is 12.1. The predicted octanol–water partition coefficient (Wildman–Crippen LogP) is 3.13. The Bertz CT molecular complexity index is 651. The van der Waals surface area contributed by atoms with Crippen LogP contribution in [-0.2, 0) is 6.42 Å². The molecule has 2 aromatic carbocycles. The van der Waals surface area contributed by atoms with Crippen molar-refractivity contribution in [1.29, 1.82) is 0 Å². The van der Waals surface area contributed by atoms with Gasteiger partial charge in [0.05, 0.1) is 20.8 Å². The molecular weight excluding hydrogens is 268 g/mol. The molecule has 0 bridgehead atoms. The van der Waals surface area contributed by atoms with Gasteiger partial charge in [-0.15, -0.1) is 0 Å². The van der Waals surface area contributed by atoms with Gasteiger partial charge in [0.15, 0.2) is 0 Å². The largest absolute Gasteiger partial charge is 0.508 e. The highest BCUT2D eigenvalue weighted by molar-refractivity contribution is 5.47. The number of hydrogen-bond donors (Lipinski definition) is 1. The zero-order valence-electron chi connectivity index (χ0n) is 12.1. The number of fused-ring (bicyclic) bond motifs is 1. The topological polar surface area (TPSA) is 47.9 Å². The molecule has 1 unspecified atom stereocenters. The number of benzene rings is 2. The van der Waals surface area contributed by atoms with Crippen molar-refractivity contribution in [3.63, 3.8) is 0 Å². The van der Waals surface area contributed by atoms with E-state index in [-0.39, 0.29) is 11.7 Å². The van der Waals surface area contributed by atoms with Crippen LogP contribution in [0.3, 0.4) is 0 Å². The molecule has 1 N–H and O–H groups in total. The Labute approximate surface area is 123 Å². The summed E-state index contributed by atoms with van der Waals surface area (Å²) in [6.45, 7) is 0.542. The predicted molar refractivity (Wildman–Crippen MR) is 79.6 cm³/mol. The van der Waals surface area contributed by atoms with Crippen molar-refractivity contribution >= 4 is 0 Å². The van der Waals surface area contributed by atoms with E-state index >= 15 is 0 Å². The maximum Gasteiger partial charge on any atom is 0.126 e. The minimum absolute atomic E-state index is 0.136. The molecule has 0 saturated carbocycles. The van der Waals surface area contributed by atoms with Crippen LogP contribution >= 0.6 is 0 Å². The molecule has 0 radical (unpaired) electrons. The second-order valence-corrected chi connectivity index (χ2v) is 5.11. The molecule has 4 heteroatoms. The van der Waals surface area contributed by atoms with Gasteiger partial charge in [-0.25, -0.2) is 0 Å². The van der Waals surface area contributed by atoms with Crippen LogP contribution in [0.4, 0.5) is 0 Å². The monoisotopic (exact) mass is 286 g/mol. The Morgan fingerprint density at radius 2 is 1.76 bits per heavy atom. The van der Waals surface area contributed by atoms with Crippen molar-refractivity contribution in [3.05, 3.63) is 47.5 Å². The van der Waals surface area contributed by atoms with Crippen LogP contribution in [0.15, 0.2) is 36.4 Å². The molecule has 0 fully saturated rings. The highest BCUT2D eigenvalue weighted by Gasteiger charge is 2.24. The van der Waals surface area contributed by atoms with E-state index in [4.69, 9.17) is 14.2 Å². The molecule has 110 valence electrons. The number of methoxy groups -OCH3 is 2. The second kappa shape index (κ2) is 5.56. The number of aromatic hydroxyl groups is 1. The number of rotatable bonds is 3. The van der Waals surface area contributed by atoms with Gasteiger partial charge in [0.2, 0.25) is 0 Å². The molecule has 2 aromatic rings. The maximum atomic E-state index is 10.1. The van der Waals surface area contributed by atoms with Gasteiger partial charge in [0, 0.05) is 23.6 Å². The zero-order chi connectivity index (χ0) is 14.8. The first-order valence-electron chi connectivity index (χ1n) is 6.88. The van der Waals surface area contributed by atoms with Crippen LogP contribution in [-0.4, -0.2) is 25.9 Å². The average Bonchev–Trinajstić information content (AvgIpc) is 2.53. The smallest absolute Gasteiger partial charge is 0.126 e. The van der Waals surface area contributed by atoms with Crippen LogP contribution < -0.4 is 14.2 Å². The van der Waals surface area contributed by atoms with Crippen molar-refractivity contribution < 1.29 is 19.3 Å². The molecule has 0 aromatic heterocycles. The van der Waals surface area contributed by atoms with E-state index in [1.54, 1.807) is 20.3 Å². The third kappa shape index (κ3) is 2.61. The summed E-state index contributed by atoms with van der Waals surface area (Å²) in [7, 11) is 3.23. The van der Waals surface area contributed by atoms with E-state index in [0.29, 0.717) is 12.4 Å². The molecule has 1 atom stereocenters. The van der Waals surface area contributed by atoms with E-state index in [1.165, 1.54) is 0 Å². The first-order valence-corrected chi connectivity index (χ1v) is 6.88. The Morgan fingerprint density at radius 1 is 1.05 bits per heavy atom. The summed E-state index contributed by atoms with van der Waals surface area (Å²) in [5.41, 5.74) is 2.01. The van der Waals surface area contributed by atoms with Gasteiger partial charge >= 0.3 is 0 Å². The molecule has 0 amide bonds. The quantitative estimate of drug-likeness (QED) is 0.941. The van der Waals surface area contributed by atoms with Gasteiger partial charge in [-0.2, -0.15) is 0 Å². The third-order valence-electron chi connectivity index (χ3n) is 3.86. The Hall–Kier alpha value is -2.36. The number of phenols is 1. The normalized spacial score (nSPS) is 16.8. The Balaban J connectivity index is 1.86. The molecule has 1 aliphatic rings. The molecule has 3 rings (SSSR count). The summed E-state index contributed by atoms with van der Waals surface area (Å²) in [6, 6.07) is 11.2. The number of phenolic OH excluding ortho intramolecular Hbond substituents is 1. The minimum atomic E-state index is 0.136. The fourth-order valence-electron chi connectivity index (χ4n) is 2.68. The summed E-state index contributed by atoms with van der Waals surface area (Å²) >= 11 is 0. The third-order valence-corrected chi connectivity index (χ3v) is 3.86. The fourth-order valence-corrected chi connectivity index (χ4v) is 2.68. The molecule has 0 spiro atoms. The van der Waals surface area contributed by atoms with Crippen molar-refractivity contribution in [2.45, 2.75) is 12.3 Å². The average molecular weight is 286 g/mol. The van der Waals surface area contributed by atoms with Gasteiger partial charge in [-0.05, 0) is 24.1 Å². The molecule has 4 nitrogen and oxygen atoms in total. The van der Waals surface area contributed by atoms with E-state index in [2.05, 4.69) is 0 Å². The van der Waals surface area contributed by atoms with E-state index in [1.807, 2.05) is 30.3 Å². The summed E-state index contributed by atoms with van der Waals surface area (Å²) in [5.74, 6) is 2.69. The molecule has 21 heavy (non-hydrogen) atoms. The molecule has 0 saturated heterocycles. The summed E-state index contributed by atoms with van der Waals surface area (Å²) in [5, 5.41) is 10.1. The lowest BCUT2D eigenvalue weighted by molar-refractivity contribution is 0.258. The van der Waals surface area contributed by atoms with Gasteiger partial charge in [-0.1, -0.05) is 12.1 Å². The second-order valence-electron chi connectivity index (χ2n) is 5.11. The fraction of sp³-hybridized carbons (Fsp3) is 0.294. The first kappa shape index (κ1) is 13.6. The minimum Gasteiger partial charge on any atom is -0.508 e. The van der Waals surface area contributed by atoms with Crippen LogP contribution in [0.5, 0.6) is 23.0 Å². The van der Waals surface area contributed by atoms with Crippen molar-refractivity contribution in [3.8, 4) is 23.0 Å². The Kier molecular flexibility index (Phi) is 3.60. The van der Waals surface area contributed by atoms with Gasteiger partial charge < -0.3 is 19.3 Å². The summed E-state index contributed by atoms with van der Waals surface area (Å²) in [6.07, 6.45) is 0.833. The lowest BCUT2D eigenvalue weighted by Gasteiger charge is -2.26. The molecule has 1 heterocycles. The SMILES string of the molecule is COc1ccc(C2COc3cc(OC)ccc3C2)c(O)c1. The van der Waals surface area contributed by atoms with Crippen LogP contribution in [0, 0.1) is 0 Å². The number of ether oxygens (including phenoxy) is 3. The van der Waals surface area contributed by atoms with Crippen LogP contribution in [0.2, 0.25) is 0 Å². The summed E-state index contributed by atoms with van der Waals surface area (Å²) < 4.78 is 16.1. The van der Waals surface area contributed by atoms with Gasteiger partial charge in [-0.3, -0.25) is 0 Å². The first-order chi connectivity index (χ1) is 10.2. The molecule has 1 aliphatic heterocycles. The van der Waals surface area contributed by atoms with Crippen LogP contribution in [0.1, 0.15) is 17.0 Å². The van der Waals surface area contributed by atoms with Crippen molar-refractivity contribution in [2.75, 3.05) is 20.8 Å². The van der Waals surface area contributed by atoms with Crippen molar-refractivity contribution in [2.24, 2.45) is 0 Å². The van der Waals surface area contributed by atoms with E-state index in [9.17, 15) is 5.11 Å². The van der Waals surface area contributed by atoms with Gasteiger partial charge in [0.1, 0.15) is 23.0 Å². The Morgan fingerprint density at radius 3 is 2.48 bits per heavy atom. The maximum absolute atomic E-state index is 10.1. The van der Waals surface area contributed by atoms with E-state index < -0.39 is 0 Å². The standard InChI is InChI=1S/C17H18O4/c1-19-13-5-6-15(16(18)8-13)12-7-11-3-4-14(20-2)9-17(11)21-10-12/h3-6,8-9,12,18H,7,10H2,1-2H3. The van der Waals surface area contributed by atoms with Gasteiger partial charge in [0.25, 0.3) is 0 Å². The molecular formula is C17H18O4. The van der Waals surface area contributed by atoms with E-state index in [0.717, 1.165) is 29.0 Å². The summed E-state index contributed by atoms with van der Waals surface area (Å²) in [4.78, 5) is 0. The highest BCUT2D eigenvalue weighted by Crippen LogP contribution is 2.38. The van der Waals surface area contributed by atoms with Crippen LogP contribution in [0.25, 0.3) is 0 Å². The molecule has 0 aliphatic carbocycles.